The van der Waals surface area contributed by atoms with Crippen LogP contribution in [0.25, 0.3) is 11.1 Å². The Morgan fingerprint density at radius 3 is 2.84 bits per heavy atom. The number of hydrogen-bond donors (Lipinski definition) is 0. The Labute approximate surface area is 109 Å². The third kappa shape index (κ3) is 2.90. The lowest BCUT2D eigenvalue weighted by Gasteiger charge is -1.96. The lowest BCUT2D eigenvalue weighted by Crippen LogP contribution is -2.07. The van der Waals surface area contributed by atoms with Crippen LogP contribution in [0.15, 0.2) is 22.6 Å². The van der Waals surface area contributed by atoms with Gasteiger partial charge in [-0.3, -0.25) is 4.79 Å². The summed E-state index contributed by atoms with van der Waals surface area (Å²) in [7, 11) is 1.31. The van der Waals surface area contributed by atoms with Crippen LogP contribution < -0.4 is 0 Å². The Morgan fingerprint density at radius 2 is 2.16 bits per heavy atom. The van der Waals surface area contributed by atoms with Gasteiger partial charge >= 0.3 is 11.9 Å². The monoisotopic (exact) mass is 263 g/mol. The molecule has 2 rings (SSSR count). The fourth-order valence-corrected chi connectivity index (χ4v) is 1.63. The SMILES string of the molecule is CCOC(=O)Cc1nc2cc(C(=O)OC)ccc2o1. The van der Waals surface area contributed by atoms with Crippen LogP contribution in [-0.2, 0) is 20.7 Å². The highest BCUT2D eigenvalue weighted by atomic mass is 16.5. The zero-order chi connectivity index (χ0) is 13.8. The molecule has 0 unspecified atom stereocenters. The average Bonchev–Trinajstić information content (AvgIpc) is 2.78. The maximum atomic E-state index is 11.4. The Hall–Kier alpha value is -2.37. The number of methoxy groups -OCH3 is 1. The van der Waals surface area contributed by atoms with Gasteiger partial charge in [0.25, 0.3) is 0 Å². The smallest absolute Gasteiger partial charge is 0.337 e. The van der Waals surface area contributed by atoms with Crippen molar-refractivity contribution in [1.29, 1.82) is 0 Å². The molecule has 19 heavy (non-hydrogen) atoms. The molecule has 0 bridgehead atoms. The third-order valence-electron chi connectivity index (χ3n) is 2.45. The first-order chi connectivity index (χ1) is 9.13. The van der Waals surface area contributed by atoms with E-state index in [1.807, 2.05) is 0 Å². The van der Waals surface area contributed by atoms with Gasteiger partial charge in [0, 0.05) is 0 Å². The molecule has 0 fully saturated rings. The van der Waals surface area contributed by atoms with Crippen molar-refractivity contribution in [2.45, 2.75) is 13.3 Å². The van der Waals surface area contributed by atoms with Crippen LogP contribution in [-0.4, -0.2) is 30.6 Å². The number of esters is 2. The normalized spacial score (nSPS) is 10.4. The van der Waals surface area contributed by atoms with Gasteiger partial charge in [-0.05, 0) is 25.1 Å². The number of ether oxygens (including phenoxy) is 2. The molecule has 1 heterocycles. The molecular weight excluding hydrogens is 250 g/mol. The highest BCUT2D eigenvalue weighted by Crippen LogP contribution is 2.18. The molecule has 6 heteroatoms. The number of carbonyl (C=O) groups excluding carboxylic acids is 2. The first-order valence-corrected chi connectivity index (χ1v) is 5.77. The van der Waals surface area contributed by atoms with Gasteiger partial charge < -0.3 is 13.9 Å². The fraction of sp³-hybridized carbons (Fsp3) is 0.308. The van der Waals surface area contributed by atoms with Gasteiger partial charge in [0.1, 0.15) is 11.9 Å². The molecule has 100 valence electrons. The summed E-state index contributed by atoms with van der Waals surface area (Å²) in [6, 6.07) is 4.75. The number of fused-ring (bicyclic) bond motifs is 1. The number of oxazole rings is 1. The third-order valence-corrected chi connectivity index (χ3v) is 2.45. The predicted molar refractivity (Wildman–Crippen MR) is 65.7 cm³/mol. The Kier molecular flexibility index (Phi) is 3.79. The summed E-state index contributed by atoms with van der Waals surface area (Å²) in [6.07, 6.45) is -0.0317. The quantitative estimate of drug-likeness (QED) is 0.781. The molecule has 0 radical (unpaired) electrons. The van der Waals surface area contributed by atoms with Crippen molar-refractivity contribution in [1.82, 2.24) is 4.98 Å². The second kappa shape index (κ2) is 5.51. The van der Waals surface area contributed by atoms with E-state index in [1.165, 1.54) is 7.11 Å². The van der Waals surface area contributed by atoms with Gasteiger partial charge in [0.2, 0.25) is 5.89 Å². The molecule has 0 amide bonds. The first kappa shape index (κ1) is 13.1. The van der Waals surface area contributed by atoms with Gasteiger partial charge in [0.05, 0.1) is 19.3 Å². The topological polar surface area (TPSA) is 78.6 Å². The minimum Gasteiger partial charge on any atom is -0.466 e. The van der Waals surface area contributed by atoms with E-state index in [0.29, 0.717) is 23.3 Å². The van der Waals surface area contributed by atoms with E-state index in [0.717, 1.165) is 0 Å². The van der Waals surface area contributed by atoms with E-state index in [9.17, 15) is 9.59 Å². The minimum atomic E-state index is -0.447. The molecule has 6 nitrogen and oxygen atoms in total. The largest absolute Gasteiger partial charge is 0.466 e. The minimum absolute atomic E-state index is 0.0317. The Bertz CT molecular complexity index is 617. The predicted octanol–water partition coefficient (Wildman–Crippen LogP) is 1.72. The zero-order valence-corrected chi connectivity index (χ0v) is 10.6. The van der Waals surface area contributed by atoms with Crippen LogP contribution in [0.3, 0.4) is 0 Å². The van der Waals surface area contributed by atoms with Crippen molar-refractivity contribution in [2.24, 2.45) is 0 Å². The first-order valence-electron chi connectivity index (χ1n) is 5.77. The number of hydrogen-bond acceptors (Lipinski definition) is 6. The molecule has 0 N–H and O–H groups in total. The molecule has 1 aromatic heterocycles. The summed E-state index contributed by atoms with van der Waals surface area (Å²) < 4.78 is 14.8. The average molecular weight is 263 g/mol. The molecular formula is C13H13NO5. The van der Waals surface area contributed by atoms with E-state index in [4.69, 9.17) is 9.15 Å². The van der Waals surface area contributed by atoms with E-state index < -0.39 is 11.9 Å². The second-order valence-corrected chi connectivity index (χ2v) is 3.76. The molecule has 0 aliphatic rings. The maximum Gasteiger partial charge on any atom is 0.337 e. The summed E-state index contributed by atoms with van der Waals surface area (Å²) in [5.41, 5.74) is 1.39. The van der Waals surface area contributed by atoms with Crippen molar-refractivity contribution in [2.75, 3.05) is 13.7 Å². The summed E-state index contributed by atoms with van der Waals surface area (Å²) >= 11 is 0. The molecule has 1 aromatic carbocycles. The highest BCUT2D eigenvalue weighted by Gasteiger charge is 2.13. The number of aromatic nitrogens is 1. The second-order valence-electron chi connectivity index (χ2n) is 3.76. The van der Waals surface area contributed by atoms with E-state index in [-0.39, 0.29) is 12.3 Å². The molecule has 2 aromatic rings. The number of rotatable bonds is 4. The molecule has 0 aliphatic heterocycles. The van der Waals surface area contributed by atoms with Crippen molar-refractivity contribution in [3.05, 3.63) is 29.7 Å². The van der Waals surface area contributed by atoms with Crippen molar-refractivity contribution < 1.29 is 23.5 Å². The van der Waals surface area contributed by atoms with Crippen molar-refractivity contribution >= 4 is 23.0 Å². The van der Waals surface area contributed by atoms with E-state index in [1.54, 1.807) is 25.1 Å². The van der Waals surface area contributed by atoms with Gasteiger partial charge in [-0.2, -0.15) is 0 Å². The van der Waals surface area contributed by atoms with Crippen LogP contribution in [0.2, 0.25) is 0 Å². The van der Waals surface area contributed by atoms with Gasteiger partial charge in [-0.25, -0.2) is 9.78 Å². The lowest BCUT2D eigenvalue weighted by molar-refractivity contribution is -0.142. The number of carbonyl (C=O) groups is 2. The van der Waals surface area contributed by atoms with Gasteiger partial charge in [-0.15, -0.1) is 0 Å². The number of benzene rings is 1. The number of nitrogens with zero attached hydrogens (tertiary/aromatic N) is 1. The molecule has 0 aliphatic carbocycles. The molecule has 0 saturated heterocycles. The Balaban J connectivity index is 2.25. The van der Waals surface area contributed by atoms with Crippen LogP contribution in [0.1, 0.15) is 23.2 Å². The summed E-state index contributed by atoms with van der Waals surface area (Å²) in [6.45, 7) is 2.04. The van der Waals surface area contributed by atoms with Crippen LogP contribution in [0.4, 0.5) is 0 Å². The highest BCUT2D eigenvalue weighted by molar-refractivity contribution is 5.93. The standard InChI is InChI=1S/C13H13NO5/c1-3-18-12(15)7-11-14-9-6-8(13(16)17-2)4-5-10(9)19-11/h4-6H,3,7H2,1-2H3. The van der Waals surface area contributed by atoms with Crippen LogP contribution >= 0.6 is 0 Å². The summed E-state index contributed by atoms with van der Waals surface area (Å²) in [4.78, 5) is 26.8. The molecule has 0 spiro atoms. The van der Waals surface area contributed by atoms with Crippen LogP contribution in [0, 0.1) is 0 Å². The fourth-order valence-electron chi connectivity index (χ4n) is 1.63. The summed E-state index contributed by atoms with van der Waals surface area (Å²) in [5, 5.41) is 0. The summed E-state index contributed by atoms with van der Waals surface area (Å²) in [5.74, 6) is -0.588. The molecule has 0 saturated carbocycles. The van der Waals surface area contributed by atoms with E-state index >= 15 is 0 Å². The Morgan fingerprint density at radius 1 is 1.37 bits per heavy atom. The van der Waals surface area contributed by atoms with Crippen molar-refractivity contribution in [3.63, 3.8) is 0 Å². The molecule has 0 atom stereocenters. The maximum absolute atomic E-state index is 11.4. The lowest BCUT2D eigenvalue weighted by atomic mass is 10.2. The van der Waals surface area contributed by atoms with E-state index in [2.05, 4.69) is 9.72 Å². The van der Waals surface area contributed by atoms with Crippen molar-refractivity contribution in [3.8, 4) is 0 Å². The zero-order valence-electron chi connectivity index (χ0n) is 10.6. The van der Waals surface area contributed by atoms with Crippen LogP contribution in [0.5, 0.6) is 0 Å². The van der Waals surface area contributed by atoms with Gasteiger partial charge in [0.15, 0.2) is 5.58 Å². The van der Waals surface area contributed by atoms with Gasteiger partial charge in [-0.1, -0.05) is 0 Å².